The molecule has 1 saturated carbocycles. The van der Waals surface area contributed by atoms with Crippen molar-refractivity contribution in [2.45, 2.75) is 52.6 Å². The summed E-state index contributed by atoms with van der Waals surface area (Å²) in [5.74, 6) is 2.72. The van der Waals surface area contributed by atoms with Gasteiger partial charge in [0.05, 0.1) is 0 Å². The summed E-state index contributed by atoms with van der Waals surface area (Å²) < 4.78 is 0. The van der Waals surface area contributed by atoms with Gasteiger partial charge in [0.15, 0.2) is 0 Å². The zero-order chi connectivity index (χ0) is 13.8. The largest absolute Gasteiger partial charge is 0.0721 e. The second-order valence-corrected chi connectivity index (χ2v) is 9.27. The van der Waals surface area contributed by atoms with Gasteiger partial charge in [0, 0.05) is 0 Å². The molecular formula is C18H29P. The normalized spacial score (nSPS) is 29.4. The quantitative estimate of drug-likeness (QED) is 0.657. The number of hydrogen-bond donors (Lipinski definition) is 0. The number of rotatable bonds is 4. The van der Waals surface area contributed by atoms with Crippen molar-refractivity contribution in [2.75, 3.05) is 6.16 Å². The van der Waals surface area contributed by atoms with Crippen molar-refractivity contribution in [1.29, 1.82) is 0 Å². The number of hydrogen-bond acceptors (Lipinski definition) is 0. The van der Waals surface area contributed by atoms with Gasteiger partial charge in [-0.25, -0.2) is 0 Å². The fourth-order valence-electron chi connectivity index (χ4n) is 3.74. The topological polar surface area (TPSA) is 0 Å². The molecule has 1 aliphatic rings. The second-order valence-electron chi connectivity index (χ2n) is 6.52. The third-order valence-electron chi connectivity index (χ3n) is 4.82. The molecule has 1 aliphatic carbocycles. The van der Waals surface area contributed by atoms with Crippen molar-refractivity contribution in [3.8, 4) is 0 Å². The van der Waals surface area contributed by atoms with Gasteiger partial charge in [-0.05, 0) is 47.7 Å². The third kappa shape index (κ3) is 3.60. The van der Waals surface area contributed by atoms with Crippen molar-refractivity contribution in [3.63, 3.8) is 0 Å². The Morgan fingerprint density at radius 3 is 2.42 bits per heavy atom. The predicted octanol–water partition coefficient (Wildman–Crippen LogP) is 5.27. The highest BCUT2D eigenvalue weighted by molar-refractivity contribution is 7.66. The van der Waals surface area contributed by atoms with Crippen LogP contribution in [0.1, 0.15) is 47.0 Å². The van der Waals surface area contributed by atoms with E-state index in [0.29, 0.717) is 0 Å². The fourth-order valence-corrected chi connectivity index (χ4v) is 7.08. The average Bonchev–Trinajstić information content (AvgIpc) is 2.40. The van der Waals surface area contributed by atoms with E-state index < -0.39 is 0 Å². The highest BCUT2D eigenvalue weighted by Gasteiger charge is 2.35. The Labute approximate surface area is 120 Å². The third-order valence-corrected chi connectivity index (χ3v) is 7.85. The lowest BCUT2D eigenvalue weighted by atomic mass is 9.77. The molecule has 0 saturated heterocycles. The van der Waals surface area contributed by atoms with Crippen molar-refractivity contribution >= 4 is 13.2 Å². The molecule has 2 rings (SSSR count). The van der Waals surface area contributed by atoms with Crippen LogP contribution in [-0.2, 0) is 0 Å². The maximum Gasteiger partial charge on any atom is -0.0136 e. The molecule has 0 amide bonds. The van der Waals surface area contributed by atoms with E-state index in [9.17, 15) is 0 Å². The molecule has 0 spiro atoms. The summed E-state index contributed by atoms with van der Waals surface area (Å²) in [5.41, 5.74) is 0.950. The molecule has 0 radical (unpaired) electrons. The molecule has 0 aliphatic heterocycles. The molecule has 106 valence electrons. The van der Waals surface area contributed by atoms with Gasteiger partial charge in [0.2, 0.25) is 0 Å². The summed E-state index contributed by atoms with van der Waals surface area (Å²) in [6, 6.07) is 11.3. The first kappa shape index (κ1) is 15.0. The maximum absolute atomic E-state index is 2.46. The molecule has 0 N–H and O–H groups in total. The van der Waals surface area contributed by atoms with Crippen LogP contribution in [0.25, 0.3) is 0 Å². The van der Waals surface area contributed by atoms with Crippen molar-refractivity contribution in [2.24, 2.45) is 17.8 Å². The molecule has 0 heterocycles. The van der Waals surface area contributed by atoms with Crippen LogP contribution in [0.3, 0.4) is 0 Å². The zero-order valence-corrected chi connectivity index (χ0v) is 13.9. The molecule has 1 aromatic carbocycles. The van der Waals surface area contributed by atoms with E-state index in [0.717, 1.165) is 23.4 Å². The van der Waals surface area contributed by atoms with Gasteiger partial charge in [-0.3, -0.25) is 0 Å². The molecule has 1 aromatic rings. The Balaban J connectivity index is 2.23. The molecule has 1 fully saturated rings. The van der Waals surface area contributed by atoms with Crippen molar-refractivity contribution < 1.29 is 0 Å². The first-order valence-electron chi connectivity index (χ1n) is 7.95. The average molecular weight is 276 g/mol. The lowest BCUT2D eigenvalue weighted by Gasteiger charge is -2.42. The zero-order valence-electron chi connectivity index (χ0n) is 13.0. The van der Waals surface area contributed by atoms with Crippen LogP contribution in [0.2, 0.25) is 0 Å². The van der Waals surface area contributed by atoms with Gasteiger partial charge in [0.25, 0.3) is 0 Å². The molecule has 19 heavy (non-hydrogen) atoms. The van der Waals surface area contributed by atoms with Gasteiger partial charge in [0.1, 0.15) is 0 Å². The Kier molecular flexibility index (Phi) is 5.46. The molecule has 0 nitrogen and oxygen atoms in total. The lowest BCUT2D eigenvalue weighted by Crippen LogP contribution is -2.33. The van der Waals surface area contributed by atoms with Gasteiger partial charge in [-0.15, -0.1) is 0 Å². The Bertz CT molecular complexity index is 371. The van der Waals surface area contributed by atoms with E-state index in [-0.39, 0.29) is 7.92 Å². The van der Waals surface area contributed by atoms with Crippen LogP contribution in [0, 0.1) is 17.8 Å². The van der Waals surface area contributed by atoms with Crippen LogP contribution >= 0.6 is 7.92 Å². The highest BCUT2D eigenvalue weighted by atomic mass is 31.1. The maximum atomic E-state index is 2.46. The highest BCUT2D eigenvalue weighted by Crippen LogP contribution is 2.52. The van der Waals surface area contributed by atoms with E-state index in [1.165, 1.54) is 25.4 Å². The van der Waals surface area contributed by atoms with Gasteiger partial charge in [-0.1, -0.05) is 72.4 Å². The fraction of sp³-hybridized carbons (Fsp3) is 0.667. The molecule has 1 heteroatoms. The van der Waals surface area contributed by atoms with Crippen LogP contribution in [-0.4, -0.2) is 11.8 Å². The summed E-state index contributed by atoms with van der Waals surface area (Å²) in [4.78, 5) is 0. The van der Waals surface area contributed by atoms with Crippen LogP contribution in [0.5, 0.6) is 0 Å². The summed E-state index contributed by atoms with van der Waals surface area (Å²) in [7, 11) is 0.0299. The van der Waals surface area contributed by atoms with E-state index in [1.54, 1.807) is 5.30 Å². The summed E-state index contributed by atoms with van der Waals surface area (Å²) >= 11 is 0. The van der Waals surface area contributed by atoms with Gasteiger partial charge >= 0.3 is 0 Å². The van der Waals surface area contributed by atoms with Gasteiger partial charge in [-0.2, -0.15) is 0 Å². The van der Waals surface area contributed by atoms with Crippen molar-refractivity contribution in [3.05, 3.63) is 30.3 Å². The van der Waals surface area contributed by atoms with Crippen LogP contribution in [0.15, 0.2) is 30.3 Å². The lowest BCUT2D eigenvalue weighted by molar-refractivity contribution is 0.241. The SMILES string of the molecule is CCP(c1ccccc1)C1CC(C)CCC1C(C)C. The van der Waals surface area contributed by atoms with E-state index in [2.05, 4.69) is 58.0 Å². The molecule has 4 atom stereocenters. The van der Waals surface area contributed by atoms with Crippen LogP contribution < -0.4 is 5.30 Å². The second kappa shape index (κ2) is 6.89. The number of benzene rings is 1. The minimum absolute atomic E-state index is 0.0299. The minimum atomic E-state index is 0.0299. The summed E-state index contributed by atoms with van der Waals surface area (Å²) in [6.07, 6.45) is 5.70. The monoisotopic (exact) mass is 276 g/mol. The van der Waals surface area contributed by atoms with E-state index >= 15 is 0 Å². The first-order valence-corrected chi connectivity index (χ1v) is 9.54. The Hall–Kier alpha value is -0.350. The van der Waals surface area contributed by atoms with Crippen LogP contribution in [0.4, 0.5) is 0 Å². The van der Waals surface area contributed by atoms with E-state index in [4.69, 9.17) is 0 Å². The standard InChI is InChI=1S/C18H29P/c1-5-19(16-9-7-6-8-10-16)18-13-15(4)11-12-17(18)14(2)3/h6-10,14-15,17-18H,5,11-13H2,1-4H3. The first-order chi connectivity index (χ1) is 9.13. The Morgan fingerprint density at radius 1 is 1.16 bits per heavy atom. The summed E-state index contributed by atoms with van der Waals surface area (Å²) in [6.45, 7) is 9.72. The summed E-state index contributed by atoms with van der Waals surface area (Å²) in [5, 5.41) is 1.63. The molecular weight excluding hydrogens is 247 g/mol. The molecule has 0 aromatic heterocycles. The van der Waals surface area contributed by atoms with Crippen molar-refractivity contribution in [1.82, 2.24) is 0 Å². The Morgan fingerprint density at radius 2 is 1.84 bits per heavy atom. The van der Waals surface area contributed by atoms with E-state index in [1.807, 2.05) is 0 Å². The minimum Gasteiger partial charge on any atom is -0.0721 e. The predicted molar refractivity (Wildman–Crippen MR) is 88.7 cm³/mol. The van der Waals surface area contributed by atoms with Gasteiger partial charge < -0.3 is 0 Å². The molecule has 0 bridgehead atoms. The smallest absolute Gasteiger partial charge is 0.0136 e. The molecule has 4 unspecified atom stereocenters.